The molecule has 0 aliphatic carbocycles. The molecule has 10 nitrogen and oxygen atoms in total. The van der Waals surface area contributed by atoms with Crippen LogP contribution in [0.1, 0.15) is 12.0 Å². The molecule has 1 fully saturated rings. The first kappa shape index (κ1) is 29.2. The molecule has 3 heterocycles. The number of hydrogen-bond acceptors (Lipinski definition) is 7. The SMILES string of the molecule is CN1CCN(CCCNCc2ccc(-c3nc(Cl)nc4c3ccn4-c3ccccc3)cc2)CC1.O=C(O)C(=O)O. The lowest BCUT2D eigenvalue weighted by Crippen LogP contribution is -2.45. The number of hydrogen-bond donors (Lipinski definition) is 3. The Hall–Kier alpha value is -3.83. The van der Waals surface area contributed by atoms with Crippen LogP contribution in [0.15, 0.2) is 66.9 Å². The molecule has 210 valence electrons. The number of para-hydroxylation sites is 1. The van der Waals surface area contributed by atoms with Crippen LogP contribution >= 0.6 is 11.6 Å². The minimum atomic E-state index is -1.82. The van der Waals surface area contributed by atoms with Gasteiger partial charge in [-0.25, -0.2) is 14.6 Å². The highest BCUT2D eigenvalue weighted by atomic mass is 35.5. The van der Waals surface area contributed by atoms with Crippen LogP contribution in [0, 0.1) is 0 Å². The molecule has 1 aliphatic rings. The van der Waals surface area contributed by atoms with Gasteiger partial charge in [-0.15, -0.1) is 0 Å². The molecule has 3 N–H and O–H groups in total. The van der Waals surface area contributed by atoms with Gasteiger partial charge in [0, 0.05) is 55.6 Å². The third-order valence-electron chi connectivity index (χ3n) is 6.71. The number of rotatable bonds is 8. The van der Waals surface area contributed by atoms with Crippen molar-refractivity contribution >= 4 is 34.6 Å². The first-order valence-electron chi connectivity index (χ1n) is 13.1. The Labute approximate surface area is 237 Å². The van der Waals surface area contributed by atoms with Gasteiger partial charge in [0.1, 0.15) is 5.65 Å². The molecule has 0 spiro atoms. The highest BCUT2D eigenvalue weighted by Crippen LogP contribution is 2.30. The van der Waals surface area contributed by atoms with Crippen molar-refractivity contribution in [3.8, 4) is 16.9 Å². The summed E-state index contributed by atoms with van der Waals surface area (Å²) >= 11 is 6.33. The molecule has 1 aliphatic heterocycles. The van der Waals surface area contributed by atoms with E-state index in [1.807, 2.05) is 29.0 Å². The van der Waals surface area contributed by atoms with Crippen LogP contribution < -0.4 is 5.32 Å². The van der Waals surface area contributed by atoms with E-state index < -0.39 is 11.9 Å². The fourth-order valence-electron chi connectivity index (χ4n) is 4.52. The fourth-order valence-corrected chi connectivity index (χ4v) is 4.68. The van der Waals surface area contributed by atoms with E-state index in [0.29, 0.717) is 0 Å². The number of nitrogens with one attached hydrogen (secondary N) is 1. The smallest absolute Gasteiger partial charge is 0.414 e. The summed E-state index contributed by atoms with van der Waals surface area (Å²) in [6.45, 7) is 7.81. The second-order valence-electron chi connectivity index (χ2n) is 9.58. The molecule has 0 bridgehead atoms. The lowest BCUT2D eigenvalue weighted by molar-refractivity contribution is -0.159. The Morgan fingerprint density at radius 3 is 2.25 bits per heavy atom. The van der Waals surface area contributed by atoms with Crippen molar-refractivity contribution in [3.05, 3.63) is 77.7 Å². The zero-order valence-corrected chi connectivity index (χ0v) is 23.1. The highest BCUT2D eigenvalue weighted by molar-refractivity contribution is 6.29. The third kappa shape index (κ3) is 7.86. The summed E-state index contributed by atoms with van der Waals surface area (Å²) in [6, 6.07) is 20.8. The predicted molar refractivity (Wildman–Crippen MR) is 155 cm³/mol. The molecule has 1 saturated heterocycles. The van der Waals surface area contributed by atoms with E-state index in [2.05, 4.69) is 74.6 Å². The first-order chi connectivity index (χ1) is 19.3. The summed E-state index contributed by atoms with van der Waals surface area (Å²) in [5.41, 5.74) is 5.02. The molecule has 0 saturated carbocycles. The molecule has 5 rings (SSSR count). The molecule has 4 aromatic rings. The molecule has 0 amide bonds. The average Bonchev–Trinajstić information content (AvgIpc) is 3.38. The number of fused-ring (bicyclic) bond motifs is 1. The predicted octanol–water partition coefficient (Wildman–Crippen LogP) is 3.62. The van der Waals surface area contributed by atoms with Crippen LogP contribution in [0.3, 0.4) is 0 Å². The summed E-state index contributed by atoms with van der Waals surface area (Å²) in [5, 5.41) is 19.6. The van der Waals surface area contributed by atoms with Gasteiger partial charge in [-0.2, -0.15) is 4.98 Å². The molecular formula is C29H33ClN6O4. The van der Waals surface area contributed by atoms with Crippen LogP contribution in [-0.4, -0.2) is 92.8 Å². The Balaban J connectivity index is 0.000000557. The van der Waals surface area contributed by atoms with E-state index in [-0.39, 0.29) is 5.28 Å². The minimum Gasteiger partial charge on any atom is -0.473 e. The van der Waals surface area contributed by atoms with Gasteiger partial charge in [-0.1, -0.05) is 42.5 Å². The maximum absolute atomic E-state index is 9.10. The molecule has 0 atom stereocenters. The summed E-state index contributed by atoms with van der Waals surface area (Å²) in [4.78, 5) is 32.2. The van der Waals surface area contributed by atoms with E-state index >= 15 is 0 Å². The van der Waals surface area contributed by atoms with Gasteiger partial charge in [0.05, 0.1) is 5.69 Å². The van der Waals surface area contributed by atoms with E-state index in [0.717, 1.165) is 41.1 Å². The van der Waals surface area contributed by atoms with E-state index in [9.17, 15) is 0 Å². The fraction of sp³-hybridized carbons (Fsp3) is 0.310. The number of likely N-dealkylation sites (N-methyl/N-ethyl adjacent to an activating group) is 1. The van der Waals surface area contributed by atoms with Gasteiger partial charge >= 0.3 is 11.9 Å². The number of piperazine rings is 1. The number of aliphatic carboxylic acids is 2. The number of aromatic nitrogens is 3. The number of carboxylic acid groups (broad SMARTS) is 2. The molecule has 40 heavy (non-hydrogen) atoms. The van der Waals surface area contributed by atoms with Gasteiger partial charge in [0.15, 0.2) is 0 Å². The molecule has 11 heteroatoms. The number of carbonyl (C=O) groups is 2. The van der Waals surface area contributed by atoms with Crippen LogP contribution in [0.25, 0.3) is 28.0 Å². The monoisotopic (exact) mass is 564 g/mol. The van der Waals surface area contributed by atoms with Crippen molar-refractivity contribution < 1.29 is 19.8 Å². The normalized spacial score (nSPS) is 14.1. The van der Waals surface area contributed by atoms with Crippen molar-refractivity contribution in [2.45, 2.75) is 13.0 Å². The molecular weight excluding hydrogens is 532 g/mol. The number of carboxylic acids is 2. The zero-order chi connectivity index (χ0) is 28.5. The summed E-state index contributed by atoms with van der Waals surface area (Å²) < 4.78 is 2.05. The number of benzene rings is 2. The second-order valence-corrected chi connectivity index (χ2v) is 9.92. The molecule has 2 aromatic heterocycles. The topological polar surface area (TPSA) is 124 Å². The summed E-state index contributed by atoms with van der Waals surface area (Å²) in [5.74, 6) is -3.65. The standard InChI is InChI=1S/C27H31ClN6.C2H2O4/c1-32-16-18-33(19-17-32)14-5-13-29-20-21-8-10-22(11-9-21)25-24-12-15-34(23-6-3-2-4-7-23)26(24)31-27(28)30-25;3-1(4)2(5)6/h2-4,6-12,15,29H,5,13-14,16-20H2,1H3;(H,3,4)(H,5,6). The average molecular weight is 565 g/mol. The van der Waals surface area contributed by atoms with E-state index in [4.69, 9.17) is 31.4 Å². The van der Waals surface area contributed by atoms with Gasteiger partial charge in [-0.3, -0.25) is 0 Å². The zero-order valence-electron chi connectivity index (χ0n) is 22.3. The quantitative estimate of drug-likeness (QED) is 0.167. The first-order valence-corrected chi connectivity index (χ1v) is 13.5. The van der Waals surface area contributed by atoms with Crippen molar-refractivity contribution in [1.82, 2.24) is 29.7 Å². The van der Waals surface area contributed by atoms with Crippen LogP contribution in [-0.2, 0) is 16.1 Å². The van der Waals surface area contributed by atoms with Crippen LogP contribution in [0.2, 0.25) is 5.28 Å². The highest BCUT2D eigenvalue weighted by Gasteiger charge is 2.14. The Bertz CT molecular complexity index is 1410. The maximum Gasteiger partial charge on any atom is 0.414 e. The Kier molecular flexibility index (Phi) is 10.2. The summed E-state index contributed by atoms with van der Waals surface area (Å²) in [7, 11) is 2.20. The second kappa shape index (κ2) is 14.0. The Morgan fingerprint density at radius 1 is 0.925 bits per heavy atom. The van der Waals surface area contributed by atoms with E-state index in [1.165, 1.54) is 44.7 Å². The lowest BCUT2D eigenvalue weighted by atomic mass is 10.1. The van der Waals surface area contributed by atoms with Crippen LogP contribution in [0.5, 0.6) is 0 Å². The van der Waals surface area contributed by atoms with E-state index in [1.54, 1.807) is 0 Å². The van der Waals surface area contributed by atoms with Gasteiger partial charge in [-0.05, 0) is 61.9 Å². The number of nitrogens with zero attached hydrogens (tertiary/aromatic N) is 5. The molecule has 0 radical (unpaired) electrons. The van der Waals surface area contributed by atoms with Crippen molar-refractivity contribution in [2.24, 2.45) is 0 Å². The van der Waals surface area contributed by atoms with Crippen molar-refractivity contribution in [3.63, 3.8) is 0 Å². The van der Waals surface area contributed by atoms with Gasteiger partial charge in [0.2, 0.25) is 5.28 Å². The van der Waals surface area contributed by atoms with Gasteiger partial charge < -0.3 is 29.9 Å². The lowest BCUT2D eigenvalue weighted by Gasteiger charge is -2.32. The van der Waals surface area contributed by atoms with Crippen molar-refractivity contribution in [1.29, 1.82) is 0 Å². The van der Waals surface area contributed by atoms with Crippen LogP contribution in [0.4, 0.5) is 0 Å². The van der Waals surface area contributed by atoms with Crippen molar-refractivity contribution in [2.75, 3.05) is 46.3 Å². The minimum absolute atomic E-state index is 0.254. The number of halogens is 1. The Morgan fingerprint density at radius 2 is 1.60 bits per heavy atom. The van der Waals surface area contributed by atoms with Gasteiger partial charge in [0.25, 0.3) is 0 Å². The molecule has 0 unspecified atom stereocenters. The third-order valence-corrected chi connectivity index (χ3v) is 6.88. The largest absolute Gasteiger partial charge is 0.473 e. The maximum atomic E-state index is 9.10. The summed E-state index contributed by atoms with van der Waals surface area (Å²) in [6.07, 6.45) is 3.20. The molecule has 2 aromatic carbocycles.